The number of urea groups is 1. The van der Waals surface area contributed by atoms with Crippen LogP contribution >= 0.6 is 0 Å². The number of amides is 2. The van der Waals surface area contributed by atoms with E-state index < -0.39 is 9.84 Å². The van der Waals surface area contributed by atoms with E-state index in [2.05, 4.69) is 16.0 Å². The zero-order valence-corrected chi connectivity index (χ0v) is 12.0. The molecule has 0 radical (unpaired) electrons. The second-order valence-corrected chi connectivity index (χ2v) is 7.78. The fourth-order valence-electron chi connectivity index (χ4n) is 2.59. The van der Waals surface area contributed by atoms with Crippen LogP contribution in [0.1, 0.15) is 25.7 Å². The molecule has 1 unspecified atom stereocenters. The molecular formula is C12H23N3O3S. The molecular weight excluding hydrogens is 266 g/mol. The average molecular weight is 289 g/mol. The van der Waals surface area contributed by atoms with Crippen molar-refractivity contribution in [3.63, 3.8) is 0 Å². The first-order valence-electron chi connectivity index (χ1n) is 7.01. The van der Waals surface area contributed by atoms with Gasteiger partial charge in [-0.15, -0.1) is 0 Å². The second kappa shape index (κ2) is 6.56. The second-order valence-electron chi connectivity index (χ2n) is 5.48. The first kappa shape index (κ1) is 14.6. The summed E-state index contributed by atoms with van der Waals surface area (Å²) < 4.78 is 22.6. The van der Waals surface area contributed by atoms with E-state index in [1.807, 2.05) is 0 Å². The molecule has 7 heteroatoms. The lowest BCUT2D eigenvalue weighted by molar-refractivity contribution is 0.237. The number of carbonyl (C=O) groups excluding carboxylic acids is 1. The highest BCUT2D eigenvalue weighted by molar-refractivity contribution is 7.91. The largest absolute Gasteiger partial charge is 0.338 e. The molecule has 0 aromatic carbocycles. The van der Waals surface area contributed by atoms with Crippen molar-refractivity contribution in [1.29, 1.82) is 0 Å². The van der Waals surface area contributed by atoms with Gasteiger partial charge in [-0.05, 0) is 38.1 Å². The van der Waals surface area contributed by atoms with Crippen molar-refractivity contribution >= 4 is 15.9 Å². The fraction of sp³-hybridized carbons (Fsp3) is 0.917. The maximum atomic E-state index is 11.6. The van der Waals surface area contributed by atoms with Crippen LogP contribution in [0.3, 0.4) is 0 Å². The third-order valence-corrected chi connectivity index (χ3v) is 5.61. The van der Waals surface area contributed by atoms with Gasteiger partial charge in [-0.1, -0.05) is 0 Å². The lowest BCUT2D eigenvalue weighted by Gasteiger charge is -2.22. The summed E-state index contributed by atoms with van der Waals surface area (Å²) in [6.07, 6.45) is 3.60. The SMILES string of the molecule is O=C(NCC1CCS(=O)(=O)CC1)NCC1CCCN1. The van der Waals surface area contributed by atoms with E-state index in [1.54, 1.807) is 0 Å². The zero-order valence-electron chi connectivity index (χ0n) is 11.2. The van der Waals surface area contributed by atoms with Crippen molar-refractivity contribution in [2.75, 3.05) is 31.1 Å². The van der Waals surface area contributed by atoms with E-state index in [4.69, 9.17) is 0 Å². The molecule has 2 amide bonds. The van der Waals surface area contributed by atoms with Crippen LogP contribution in [-0.2, 0) is 9.84 Å². The van der Waals surface area contributed by atoms with Crippen molar-refractivity contribution in [3.8, 4) is 0 Å². The maximum absolute atomic E-state index is 11.6. The Hall–Kier alpha value is -0.820. The Kier molecular flexibility index (Phi) is 5.04. The van der Waals surface area contributed by atoms with E-state index in [0.29, 0.717) is 37.9 Å². The quantitative estimate of drug-likeness (QED) is 0.672. The molecule has 110 valence electrons. The van der Waals surface area contributed by atoms with Gasteiger partial charge in [0.15, 0.2) is 0 Å². The van der Waals surface area contributed by atoms with Crippen molar-refractivity contribution in [2.24, 2.45) is 5.92 Å². The molecule has 0 aliphatic carbocycles. The molecule has 0 spiro atoms. The standard InChI is InChI=1S/C12H23N3O3S/c16-12(15-9-11-2-1-5-13-11)14-8-10-3-6-19(17,18)7-4-10/h10-11,13H,1-9H2,(H2,14,15,16). The van der Waals surface area contributed by atoms with Gasteiger partial charge in [0, 0.05) is 19.1 Å². The summed E-state index contributed by atoms with van der Waals surface area (Å²) in [6, 6.07) is 0.243. The summed E-state index contributed by atoms with van der Waals surface area (Å²) in [6.45, 7) is 2.26. The van der Waals surface area contributed by atoms with Crippen LogP contribution in [0.25, 0.3) is 0 Å². The van der Waals surface area contributed by atoms with Gasteiger partial charge >= 0.3 is 6.03 Å². The minimum atomic E-state index is -2.81. The van der Waals surface area contributed by atoms with Crippen LogP contribution in [-0.4, -0.2) is 51.6 Å². The molecule has 2 aliphatic rings. The van der Waals surface area contributed by atoms with Gasteiger partial charge in [0.2, 0.25) is 0 Å². The molecule has 0 aromatic rings. The Balaban J connectivity index is 1.58. The van der Waals surface area contributed by atoms with E-state index in [1.165, 1.54) is 6.42 Å². The Bertz CT molecular complexity index is 390. The van der Waals surface area contributed by atoms with Gasteiger partial charge < -0.3 is 16.0 Å². The predicted octanol–water partition coefficient (Wildman–Crippen LogP) is -0.138. The van der Waals surface area contributed by atoms with Crippen molar-refractivity contribution in [1.82, 2.24) is 16.0 Å². The molecule has 0 bridgehead atoms. The first-order valence-corrected chi connectivity index (χ1v) is 8.83. The molecule has 6 nitrogen and oxygen atoms in total. The summed E-state index contributed by atoms with van der Waals surface area (Å²) in [5.41, 5.74) is 0. The van der Waals surface area contributed by atoms with E-state index in [-0.39, 0.29) is 17.5 Å². The Morgan fingerprint density at radius 3 is 2.42 bits per heavy atom. The number of hydrogen-bond acceptors (Lipinski definition) is 4. The minimum absolute atomic E-state index is 0.151. The summed E-state index contributed by atoms with van der Waals surface area (Å²) in [5.74, 6) is 0.804. The molecule has 0 aromatic heterocycles. The molecule has 1 atom stereocenters. The Labute approximate surface area is 114 Å². The van der Waals surface area contributed by atoms with Crippen molar-refractivity contribution in [3.05, 3.63) is 0 Å². The number of carbonyl (C=O) groups is 1. The minimum Gasteiger partial charge on any atom is -0.338 e. The third kappa shape index (κ3) is 4.99. The topological polar surface area (TPSA) is 87.3 Å². The van der Waals surface area contributed by atoms with Gasteiger partial charge in [0.1, 0.15) is 9.84 Å². The van der Waals surface area contributed by atoms with Gasteiger partial charge in [0.25, 0.3) is 0 Å². The molecule has 2 fully saturated rings. The third-order valence-electron chi connectivity index (χ3n) is 3.90. The van der Waals surface area contributed by atoms with Gasteiger partial charge in [-0.3, -0.25) is 0 Å². The molecule has 19 heavy (non-hydrogen) atoms. The first-order chi connectivity index (χ1) is 9.05. The van der Waals surface area contributed by atoms with E-state index in [9.17, 15) is 13.2 Å². The monoisotopic (exact) mass is 289 g/mol. The Morgan fingerprint density at radius 2 is 1.79 bits per heavy atom. The zero-order chi connectivity index (χ0) is 13.7. The van der Waals surface area contributed by atoms with Gasteiger partial charge in [-0.2, -0.15) is 0 Å². The smallest absolute Gasteiger partial charge is 0.314 e. The normalized spacial score (nSPS) is 27.1. The lowest BCUT2D eigenvalue weighted by atomic mass is 10.0. The summed E-state index contributed by atoms with van der Waals surface area (Å²) in [7, 11) is -2.81. The highest BCUT2D eigenvalue weighted by Gasteiger charge is 2.23. The summed E-state index contributed by atoms with van der Waals surface area (Å²) >= 11 is 0. The van der Waals surface area contributed by atoms with Gasteiger partial charge in [-0.25, -0.2) is 13.2 Å². The maximum Gasteiger partial charge on any atom is 0.314 e. The van der Waals surface area contributed by atoms with Crippen LogP contribution < -0.4 is 16.0 Å². The van der Waals surface area contributed by atoms with Crippen molar-refractivity contribution in [2.45, 2.75) is 31.7 Å². The number of hydrogen-bond donors (Lipinski definition) is 3. The van der Waals surface area contributed by atoms with E-state index in [0.717, 1.165) is 13.0 Å². The van der Waals surface area contributed by atoms with Crippen LogP contribution in [0.15, 0.2) is 0 Å². The molecule has 0 saturated carbocycles. The molecule has 3 N–H and O–H groups in total. The van der Waals surface area contributed by atoms with Crippen LogP contribution in [0, 0.1) is 5.92 Å². The van der Waals surface area contributed by atoms with E-state index >= 15 is 0 Å². The van der Waals surface area contributed by atoms with Crippen LogP contribution in [0.2, 0.25) is 0 Å². The highest BCUT2D eigenvalue weighted by Crippen LogP contribution is 2.17. The summed E-state index contributed by atoms with van der Waals surface area (Å²) in [4.78, 5) is 11.6. The number of sulfone groups is 1. The summed E-state index contributed by atoms with van der Waals surface area (Å²) in [5, 5.41) is 9.00. The number of rotatable bonds is 4. The lowest BCUT2D eigenvalue weighted by Crippen LogP contribution is -2.44. The number of nitrogens with one attached hydrogen (secondary N) is 3. The van der Waals surface area contributed by atoms with Crippen molar-refractivity contribution < 1.29 is 13.2 Å². The molecule has 2 aliphatic heterocycles. The molecule has 2 saturated heterocycles. The van der Waals surface area contributed by atoms with Crippen LogP contribution in [0.4, 0.5) is 4.79 Å². The Morgan fingerprint density at radius 1 is 1.11 bits per heavy atom. The average Bonchev–Trinajstić information content (AvgIpc) is 2.88. The predicted molar refractivity (Wildman–Crippen MR) is 73.8 cm³/mol. The highest BCUT2D eigenvalue weighted by atomic mass is 32.2. The molecule has 2 heterocycles. The van der Waals surface area contributed by atoms with Crippen LogP contribution in [0.5, 0.6) is 0 Å². The molecule has 2 rings (SSSR count). The fourth-order valence-corrected chi connectivity index (χ4v) is 4.18. The van der Waals surface area contributed by atoms with Gasteiger partial charge in [0.05, 0.1) is 11.5 Å².